The summed E-state index contributed by atoms with van der Waals surface area (Å²) in [4.78, 5) is -0.426. The minimum atomic E-state index is -0.426. The van der Waals surface area contributed by atoms with Crippen molar-refractivity contribution in [2.75, 3.05) is 0 Å². The third-order valence-electron chi connectivity index (χ3n) is 0.397. The van der Waals surface area contributed by atoms with E-state index >= 15 is 0 Å². The fourth-order valence-electron chi connectivity index (χ4n) is 0. The molecular formula is C3H8Cl3N. The van der Waals surface area contributed by atoms with E-state index in [9.17, 15) is 0 Å². The zero-order valence-electron chi connectivity index (χ0n) is 3.90. The lowest BCUT2D eigenvalue weighted by Gasteiger charge is -2.00. The maximum atomic E-state index is 5.25. The predicted octanol–water partition coefficient (Wildman–Crippen LogP) is 1.56. The molecule has 1 atom stereocenters. The van der Waals surface area contributed by atoms with Crippen LogP contribution in [0.25, 0.3) is 0 Å². The summed E-state index contributed by atoms with van der Waals surface area (Å²) in [5.41, 5.74) is 5.17. The molecule has 0 aromatic rings. The van der Waals surface area contributed by atoms with Crippen molar-refractivity contribution in [3.63, 3.8) is 0 Å². The van der Waals surface area contributed by atoms with E-state index in [2.05, 4.69) is 0 Å². The maximum Gasteiger partial charge on any atom is 0.122 e. The molecule has 2 N–H and O–H groups in total. The molecular weight excluding hydrogens is 156 g/mol. The second kappa shape index (κ2) is 4.98. The molecule has 1 unspecified atom stereocenters. The van der Waals surface area contributed by atoms with Crippen molar-refractivity contribution in [2.24, 2.45) is 5.73 Å². The Hall–Kier alpha value is 0.830. The lowest BCUT2D eigenvalue weighted by atomic mass is 10.4. The van der Waals surface area contributed by atoms with E-state index in [4.69, 9.17) is 28.9 Å². The quantitative estimate of drug-likeness (QED) is 0.585. The first-order valence-corrected chi connectivity index (χ1v) is 2.55. The van der Waals surface area contributed by atoms with Gasteiger partial charge in [0.2, 0.25) is 0 Å². The van der Waals surface area contributed by atoms with Gasteiger partial charge in [0, 0.05) is 6.04 Å². The van der Waals surface area contributed by atoms with Crippen LogP contribution >= 0.6 is 35.6 Å². The van der Waals surface area contributed by atoms with Crippen LogP contribution in [0.3, 0.4) is 0 Å². The average molecular weight is 164 g/mol. The molecule has 0 heterocycles. The van der Waals surface area contributed by atoms with Crippen LogP contribution in [-0.4, -0.2) is 10.9 Å². The van der Waals surface area contributed by atoms with Crippen molar-refractivity contribution in [2.45, 2.75) is 17.8 Å². The number of nitrogens with two attached hydrogens (primary N) is 1. The summed E-state index contributed by atoms with van der Waals surface area (Å²) in [6.45, 7) is 1.75. The normalized spacial score (nSPS) is 13.3. The summed E-state index contributed by atoms with van der Waals surface area (Å²) in [6.07, 6.45) is 0. The first kappa shape index (κ1) is 10.7. The second-order valence-electron chi connectivity index (χ2n) is 1.19. The zero-order chi connectivity index (χ0) is 5.15. The molecule has 46 valence electrons. The highest BCUT2D eigenvalue weighted by molar-refractivity contribution is 6.44. The van der Waals surface area contributed by atoms with Crippen LogP contribution in [0, 0.1) is 0 Å². The second-order valence-corrected chi connectivity index (χ2v) is 2.36. The Morgan fingerprint density at radius 3 is 1.57 bits per heavy atom. The Morgan fingerprint density at radius 2 is 1.57 bits per heavy atom. The number of hydrogen-bond acceptors (Lipinski definition) is 1. The molecule has 0 aromatic carbocycles. The van der Waals surface area contributed by atoms with Crippen molar-refractivity contribution in [1.29, 1.82) is 0 Å². The molecule has 0 rings (SSSR count). The minimum absolute atomic E-state index is 0. The highest BCUT2D eigenvalue weighted by Gasteiger charge is 2.01. The topological polar surface area (TPSA) is 26.0 Å². The molecule has 0 aromatic heterocycles. The van der Waals surface area contributed by atoms with Gasteiger partial charge in [-0.05, 0) is 6.92 Å². The largest absolute Gasteiger partial charge is 0.326 e. The van der Waals surface area contributed by atoms with Gasteiger partial charge in [0.25, 0.3) is 0 Å². The molecule has 0 radical (unpaired) electrons. The first-order chi connectivity index (χ1) is 2.64. The van der Waals surface area contributed by atoms with Crippen LogP contribution in [0.5, 0.6) is 0 Å². The molecule has 0 spiro atoms. The molecule has 0 aliphatic rings. The summed E-state index contributed by atoms with van der Waals surface area (Å²) in [6, 6.07) is -0.117. The van der Waals surface area contributed by atoms with Crippen molar-refractivity contribution in [1.82, 2.24) is 0 Å². The monoisotopic (exact) mass is 163 g/mol. The summed E-state index contributed by atoms with van der Waals surface area (Å²) in [5, 5.41) is 0. The van der Waals surface area contributed by atoms with Gasteiger partial charge in [-0.15, -0.1) is 35.6 Å². The summed E-state index contributed by atoms with van der Waals surface area (Å²) in [5.74, 6) is 0. The Kier molecular flexibility index (Phi) is 7.64. The standard InChI is InChI=1S/C3H7Cl2N.ClH/c1-2(6)3(4)5;/h2-3H,6H2,1H3;1H. The fraction of sp³-hybridized carbons (Fsp3) is 1.00. The van der Waals surface area contributed by atoms with Gasteiger partial charge < -0.3 is 5.73 Å². The van der Waals surface area contributed by atoms with Gasteiger partial charge >= 0.3 is 0 Å². The van der Waals surface area contributed by atoms with E-state index in [0.29, 0.717) is 0 Å². The highest BCUT2D eigenvalue weighted by atomic mass is 35.5. The number of halogens is 3. The highest BCUT2D eigenvalue weighted by Crippen LogP contribution is 2.03. The average Bonchev–Trinajstić information content (AvgIpc) is 1.36. The van der Waals surface area contributed by atoms with Crippen LogP contribution in [-0.2, 0) is 0 Å². The van der Waals surface area contributed by atoms with Crippen LogP contribution < -0.4 is 5.73 Å². The van der Waals surface area contributed by atoms with Gasteiger partial charge in [0.15, 0.2) is 0 Å². The van der Waals surface area contributed by atoms with Gasteiger partial charge in [0.1, 0.15) is 4.84 Å². The van der Waals surface area contributed by atoms with Gasteiger partial charge in [-0.2, -0.15) is 0 Å². The lowest BCUT2D eigenvalue weighted by Crippen LogP contribution is -2.22. The van der Waals surface area contributed by atoms with Crippen LogP contribution in [0.15, 0.2) is 0 Å². The van der Waals surface area contributed by atoms with E-state index < -0.39 is 4.84 Å². The molecule has 4 heteroatoms. The molecule has 0 aliphatic heterocycles. The maximum absolute atomic E-state index is 5.25. The Balaban J connectivity index is 0. The third kappa shape index (κ3) is 6.83. The Morgan fingerprint density at radius 1 is 1.43 bits per heavy atom. The Bertz CT molecular complexity index is 31.2. The van der Waals surface area contributed by atoms with E-state index in [1.54, 1.807) is 6.92 Å². The smallest absolute Gasteiger partial charge is 0.122 e. The van der Waals surface area contributed by atoms with E-state index in [1.165, 1.54) is 0 Å². The van der Waals surface area contributed by atoms with Gasteiger partial charge in [0.05, 0.1) is 0 Å². The molecule has 1 nitrogen and oxygen atoms in total. The minimum Gasteiger partial charge on any atom is -0.326 e. The van der Waals surface area contributed by atoms with E-state index in [0.717, 1.165) is 0 Å². The molecule has 7 heavy (non-hydrogen) atoms. The Labute approximate surface area is 59.6 Å². The zero-order valence-corrected chi connectivity index (χ0v) is 6.22. The van der Waals surface area contributed by atoms with E-state index in [1.807, 2.05) is 0 Å². The molecule has 0 saturated heterocycles. The number of alkyl halides is 2. The van der Waals surface area contributed by atoms with E-state index in [-0.39, 0.29) is 18.4 Å². The molecule has 0 fully saturated rings. The van der Waals surface area contributed by atoms with Crippen LogP contribution in [0.1, 0.15) is 6.92 Å². The summed E-state index contributed by atoms with van der Waals surface area (Å²) < 4.78 is 0. The molecule has 0 bridgehead atoms. The van der Waals surface area contributed by atoms with Crippen molar-refractivity contribution in [3.05, 3.63) is 0 Å². The molecule has 0 saturated carbocycles. The molecule has 0 aliphatic carbocycles. The van der Waals surface area contributed by atoms with Crippen molar-refractivity contribution in [3.8, 4) is 0 Å². The number of rotatable bonds is 1. The van der Waals surface area contributed by atoms with Crippen molar-refractivity contribution >= 4 is 35.6 Å². The fourth-order valence-corrected chi connectivity index (χ4v) is 0. The van der Waals surface area contributed by atoms with Gasteiger partial charge in [-0.25, -0.2) is 0 Å². The first-order valence-electron chi connectivity index (χ1n) is 1.68. The van der Waals surface area contributed by atoms with Crippen LogP contribution in [0.4, 0.5) is 0 Å². The number of hydrogen-bond donors (Lipinski definition) is 1. The molecule has 0 amide bonds. The summed E-state index contributed by atoms with van der Waals surface area (Å²) >= 11 is 10.5. The predicted molar refractivity (Wildman–Crippen MR) is 36.4 cm³/mol. The van der Waals surface area contributed by atoms with Crippen molar-refractivity contribution < 1.29 is 0 Å². The lowest BCUT2D eigenvalue weighted by molar-refractivity contribution is 0.805. The summed E-state index contributed by atoms with van der Waals surface area (Å²) in [7, 11) is 0. The van der Waals surface area contributed by atoms with Crippen LogP contribution in [0.2, 0.25) is 0 Å². The third-order valence-corrected chi connectivity index (χ3v) is 1.19. The van der Waals surface area contributed by atoms with Gasteiger partial charge in [-0.1, -0.05) is 0 Å². The van der Waals surface area contributed by atoms with Gasteiger partial charge in [-0.3, -0.25) is 0 Å². The SMILES string of the molecule is CC(N)C(Cl)Cl.Cl.